The van der Waals surface area contributed by atoms with Gasteiger partial charge in [0.1, 0.15) is 0 Å². The topological polar surface area (TPSA) is 40.3 Å². The van der Waals surface area contributed by atoms with Gasteiger partial charge in [-0.25, -0.2) is 0 Å². The summed E-state index contributed by atoms with van der Waals surface area (Å²) in [6.45, 7) is 0.810. The van der Waals surface area contributed by atoms with Crippen molar-refractivity contribution in [3.63, 3.8) is 0 Å². The van der Waals surface area contributed by atoms with Crippen LogP contribution in [0.5, 0.6) is 0 Å². The summed E-state index contributed by atoms with van der Waals surface area (Å²) in [6, 6.07) is 7.94. The number of hydrogen-bond donors (Lipinski definition) is 0. The van der Waals surface area contributed by atoms with Crippen LogP contribution in [0.25, 0.3) is 0 Å². The summed E-state index contributed by atoms with van der Waals surface area (Å²) in [4.78, 5) is 6.30. The molecule has 2 rings (SSSR count). The number of aliphatic imine (C=N–C) groups is 1. The fraction of sp³-hybridized carbons (Fsp3) is 0.308. The molecule has 0 atom stereocenters. The van der Waals surface area contributed by atoms with Gasteiger partial charge in [0.25, 0.3) is 0 Å². The molecular formula is C13H16N4. The predicted molar refractivity (Wildman–Crippen MR) is 71.3 cm³/mol. The molecule has 0 aromatic heterocycles. The van der Waals surface area contributed by atoms with Crippen molar-refractivity contribution >= 4 is 17.2 Å². The van der Waals surface area contributed by atoms with Gasteiger partial charge in [-0.3, -0.25) is 4.99 Å². The molecule has 0 bridgehead atoms. The number of benzene rings is 1. The number of azo groups is 1. The predicted octanol–water partition coefficient (Wildman–Crippen LogP) is 3.19. The molecule has 88 valence electrons. The average Bonchev–Trinajstić information content (AvgIpc) is 2.38. The maximum Gasteiger partial charge on any atom is 0.169 e. The second kappa shape index (κ2) is 5.39. The molecule has 1 aliphatic heterocycles. The first kappa shape index (κ1) is 11.5. The van der Waals surface area contributed by atoms with E-state index in [-0.39, 0.29) is 0 Å². The molecule has 1 aromatic rings. The second-order valence-electron chi connectivity index (χ2n) is 4.04. The lowest BCUT2D eigenvalue weighted by Crippen LogP contribution is -2.07. The minimum Gasteiger partial charge on any atom is -0.378 e. The van der Waals surface area contributed by atoms with E-state index >= 15 is 0 Å². The van der Waals surface area contributed by atoms with E-state index in [0.717, 1.165) is 24.3 Å². The quantitative estimate of drug-likeness (QED) is 0.716. The molecule has 1 heterocycles. The minimum atomic E-state index is 0.702. The molecule has 17 heavy (non-hydrogen) atoms. The van der Waals surface area contributed by atoms with Gasteiger partial charge in [0, 0.05) is 26.3 Å². The largest absolute Gasteiger partial charge is 0.378 e. The Hall–Kier alpha value is -1.97. The third-order valence-corrected chi connectivity index (χ3v) is 2.47. The first-order chi connectivity index (χ1) is 8.25. The zero-order valence-corrected chi connectivity index (χ0v) is 10.2. The summed E-state index contributed by atoms with van der Waals surface area (Å²) in [5.74, 6) is 0.702. The fourth-order valence-corrected chi connectivity index (χ4v) is 1.49. The summed E-state index contributed by atoms with van der Waals surface area (Å²) in [5.41, 5.74) is 2.00. The Labute approximate surface area is 101 Å². The van der Waals surface area contributed by atoms with Gasteiger partial charge in [-0.2, -0.15) is 0 Å². The van der Waals surface area contributed by atoms with Gasteiger partial charge in [-0.15, -0.1) is 10.2 Å². The van der Waals surface area contributed by atoms with Crippen LogP contribution in [0.15, 0.2) is 51.6 Å². The summed E-state index contributed by atoms with van der Waals surface area (Å²) >= 11 is 0. The Morgan fingerprint density at radius 2 is 1.88 bits per heavy atom. The van der Waals surface area contributed by atoms with E-state index in [2.05, 4.69) is 26.2 Å². The zero-order chi connectivity index (χ0) is 12.1. The summed E-state index contributed by atoms with van der Waals surface area (Å²) in [5, 5.41) is 8.26. The molecule has 0 saturated heterocycles. The standard InChI is InChI=1S/C13H16N4/c1-17(2)12-8-6-11(7-9-12)15-16-13-5-3-4-10-14-13/h3,5-9H,4,10H2,1-2H3. The van der Waals surface area contributed by atoms with Crippen LogP contribution in [-0.4, -0.2) is 26.5 Å². The third kappa shape index (κ3) is 3.24. The molecule has 0 unspecified atom stereocenters. The Bertz CT molecular complexity index is 455. The molecule has 0 saturated carbocycles. The van der Waals surface area contributed by atoms with Crippen molar-refractivity contribution in [3.8, 4) is 0 Å². The van der Waals surface area contributed by atoms with Crippen molar-refractivity contribution in [2.45, 2.75) is 6.42 Å². The van der Waals surface area contributed by atoms with Crippen molar-refractivity contribution in [1.29, 1.82) is 0 Å². The summed E-state index contributed by atoms with van der Waals surface area (Å²) < 4.78 is 0. The molecule has 4 heteroatoms. The SMILES string of the molecule is CN(C)c1ccc(N=NC2=NCCC=C2)cc1. The first-order valence-electron chi connectivity index (χ1n) is 5.66. The van der Waals surface area contributed by atoms with Gasteiger partial charge in [0.15, 0.2) is 5.84 Å². The molecule has 1 aliphatic rings. The zero-order valence-electron chi connectivity index (χ0n) is 10.2. The summed E-state index contributed by atoms with van der Waals surface area (Å²) in [7, 11) is 4.02. The maximum atomic E-state index is 4.25. The maximum absolute atomic E-state index is 4.25. The molecule has 0 amide bonds. The molecular weight excluding hydrogens is 212 g/mol. The fourth-order valence-electron chi connectivity index (χ4n) is 1.49. The van der Waals surface area contributed by atoms with E-state index in [4.69, 9.17) is 0 Å². The van der Waals surface area contributed by atoms with Crippen LogP contribution in [0.1, 0.15) is 6.42 Å². The highest BCUT2D eigenvalue weighted by Gasteiger charge is 1.97. The number of anilines is 1. The Morgan fingerprint density at radius 1 is 1.12 bits per heavy atom. The van der Waals surface area contributed by atoms with E-state index in [1.165, 1.54) is 0 Å². The second-order valence-corrected chi connectivity index (χ2v) is 4.04. The van der Waals surface area contributed by atoms with Gasteiger partial charge < -0.3 is 4.90 Å². The van der Waals surface area contributed by atoms with E-state index in [1.807, 2.05) is 44.4 Å². The number of nitrogens with zero attached hydrogens (tertiary/aromatic N) is 4. The van der Waals surface area contributed by atoms with Gasteiger partial charge in [-0.05, 0) is 36.8 Å². The van der Waals surface area contributed by atoms with Crippen molar-refractivity contribution in [2.75, 3.05) is 25.5 Å². The number of amidine groups is 1. The van der Waals surface area contributed by atoms with E-state index in [0.29, 0.717) is 5.84 Å². The van der Waals surface area contributed by atoms with Gasteiger partial charge >= 0.3 is 0 Å². The van der Waals surface area contributed by atoms with Crippen LogP contribution in [0, 0.1) is 0 Å². The number of hydrogen-bond acceptors (Lipinski definition) is 4. The monoisotopic (exact) mass is 228 g/mol. The lowest BCUT2D eigenvalue weighted by molar-refractivity contribution is 0.983. The van der Waals surface area contributed by atoms with Crippen LogP contribution in [0.3, 0.4) is 0 Å². The molecule has 0 fully saturated rings. The molecule has 4 nitrogen and oxygen atoms in total. The van der Waals surface area contributed by atoms with E-state index in [1.54, 1.807) is 0 Å². The Morgan fingerprint density at radius 3 is 2.47 bits per heavy atom. The van der Waals surface area contributed by atoms with Crippen LogP contribution in [-0.2, 0) is 0 Å². The molecule has 0 radical (unpaired) electrons. The van der Waals surface area contributed by atoms with Crippen LogP contribution >= 0.6 is 0 Å². The van der Waals surface area contributed by atoms with Crippen molar-refractivity contribution in [1.82, 2.24) is 0 Å². The van der Waals surface area contributed by atoms with Gasteiger partial charge in [-0.1, -0.05) is 6.08 Å². The average molecular weight is 228 g/mol. The minimum absolute atomic E-state index is 0.702. The van der Waals surface area contributed by atoms with Crippen molar-refractivity contribution in [2.24, 2.45) is 15.2 Å². The smallest absolute Gasteiger partial charge is 0.169 e. The van der Waals surface area contributed by atoms with E-state index in [9.17, 15) is 0 Å². The van der Waals surface area contributed by atoms with Crippen LogP contribution < -0.4 is 4.90 Å². The lowest BCUT2D eigenvalue weighted by atomic mass is 10.3. The van der Waals surface area contributed by atoms with Gasteiger partial charge in [0.05, 0.1) is 5.69 Å². The van der Waals surface area contributed by atoms with Gasteiger partial charge in [0.2, 0.25) is 0 Å². The molecule has 0 N–H and O–H groups in total. The number of rotatable bonds is 2. The highest BCUT2D eigenvalue weighted by atomic mass is 15.1. The van der Waals surface area contributed by atoms with Crippen LogP contribution in [0.2, 0.25) is 0 Å². The highest BCUT2D eigenvalue weighted by Crippen LogP contribution is 2.18. The summed E-state index contributed by atoms with van der Waals surface area (Å²) in [6.07, 6.45) is 4.97. The Kier molecular flexibility index (Phi) is 3.65. The molecule has 1 aromatic carbocycles. The lowest BCUT2D eigenvalue weighted by Gasteiger charge is -2.11. The van der Waals surface area contributed by atoms with E-state index < -0.39 is 0 Å². The number of dihydropyridines is 1. The third-order valence-electron chi connectivity index (χ3n) is 2.47. The normalized spacial score (nSPS) is 15.1. The molecule has 0 aliphatic carbocycles. The molecule has 0 spiro atoms. The Balaban J connectivity index is 2.06. The first-order valence-corrected chi connectivity index (χ1v) is 5.66. The van der Waals surface area contributed by atoms with Crippen molar-refractivity contribution < 1.29 is 0 Å². The van der Waals surface area contributed by atoms with Crippen LogP contribution in [0.4, 0.5) is 11.4 Å². The van der Waals surface area contributed by atoms with Crippen molar-refractivity contribution in [3.05, 3.63) is 36.4 Å². The highest BCUT2D eigenvalue weighted by molar-refractivity contribution is 5.93.